The Bertz CT molecular complexity index is 975. The highest BCUT2D eigenvalue weighted by atomic mass is 16.3. The van der Waals surface area contributed by atoms with Gasteiger partial charge in [0, 0.05) is 11.5 Å². The zero-order chi connectivity index (χ0) is 17.1. The zero-order valence-corrected chi connectivity index (χ0v) is 14.0. The summed E-state index contributed by atoms with van der Waals surface area (Å²) in [6.07, 6.45) is 0.854. The van der Waals surface area contributed by atoms with Gasteiger partial charge in [-0.1, -0.05) is 91.0 Å². The van der Waals surface area contributed by atoms with E-state index in [4.69, 9.17) is 0 Å². The molecule has 0 saturated heterocycles. The number of hydrogen-bond donors (Lipinski definition) is 1. The van der Waals surface area contributed by atoms with E-state index in [1.54, 1.807) is 0 Å². The van der Waals surface area contributed by atoms with Crippen molar-refractivity contribution in [2.24, 2.45) is 0 Å². The number of rotatable bonds is 4. The molecule has 0 aromatic heterocycles. The van der Waals surface area contributed by atoms with E-state index in [1.807, 2.05) is 36.4 Å². The molecule has 4 aromatic carbocycles. The lowest BCUT2D eigenvalue weighted by Gasteiger charge is -2.21. The lowest BCUT2D eigenvalue weighted by molar-refractivity contribution is 0.466. The smallest absolute Gasteiger partial charge is 0.120 e. The predicted molar refractivity (Wildman–Crippen MR) is 104 cm³/mol. The van der Waals surface area contributed by atoms with Crippen LogP contribution in [0.25, 0.3) is 10.8 Å². The molecule has 1 atom stereocenters. The van der Waals surface area contributed by atoms with E-state index in [1.165, 1.54) is 11.1 Å². The van der Waals surface area contributed by atoms with E-state index < -0.39 is 0 Å². The Morgan fingerprint density at radius 1 is 0.640 bits per heavy atom. The molecule has 1 N–H and O–H groups in total. The summed E-state index contributed by atoms with van der Waals surface area (Å²) in [4.78, 5) is 0. The molecular weight excluding hydrogens is 304 g/mol. The predicted octanol–water partition coefficient (Wildman–Crippen LogP) is 5.92. The molecule has 0 aliphatic rings. The van der Waals surface area contributed by atoms with Crippen molar-refractivity contribution in [2.45, 2.75) is 12.3 Å². The van der Waals surface area contributed by atoms with Gasteiger partial charge in [-0.3, -0.25) is 0 Å². The molecule has 0 radical (unpaired) electrons. The molecule has 1 unspecified atom stereocenters. The first-order valence-corrected chi connectivity index (χ1v) is 8.62. The van der Waals surface area contributed by atoms with Gasteiger partial charge in [0.15, 0.2) is 0 Å². The molecule has 122 valence electrons. The minimum Gasteiger partial charge on any atom is -0.508 e. The van der Waals surface area contributed by atoms with E-state index in [-0.39, 0.29) is 5.92 Å². The van der Waals surface area contributed by atoms with Crippen molar-refractivity contribution < 1.29 is 5.11 Å². The van der Waals surface area contributed by atoms with E-state index in [0.717, 1.165) is 22.8 Å². The van der Waals surface area contributed by atoms with Gasteiger partial charge in [-0.2, -0.15) is 0 Å². The molecule has 0 spiro atoms. The lowest BCUT2D eigenvalue weighted by Crippen LogP contribution is -2.06. The van der Waals surface area contributed by atoms with Gasteiger partial charge in [0.2, 0.25) is 0 Å². The second-order valence-electron chi connectivity index (χ2n) is 6.37. The van der Waals surface area contributed by atoms with Crippen LogP contribution in [-0.2, 0) is 6.42 Å². The third kappa shape index (κ3) is 3.14. The third-order valence-corrected chi connectivity index (χ3v) is 4.78. The van der Waals surface area contributed by atoms with Crippen LogP contribution in [0.15, 0.2) is 97.1 Å². The molecular formula is C24H20O. The molecule has 4 rings (SSSR count). The normalized spacial score (nSPS) is 12.2. The van der Waals surface area contributed by atoms with Crippen molar-refractivity contribution in [3.05, 3.63) is 114 Å². The largest absolute Gasteiger partial charge is 0.508 e. The van der Waals surface area contributed by atoms with Crippen molar-refractivity contribution in [3.8, 4) is 5.75 Å². The molecule has 0 bridgehead atoms. The summed E-state index contributed by atoms with van der Waals surface area (Å²) >= 11 is 0. The quantitative estimate of drug-likeness (QED) is 0.494. The number of benzene rings is 4. The van der Waals surface area contributed by atoms with Crippen LogP contribution in [0.4, 0.5) is 0 Å². The van der Waals surface area contributed by atoms with Crippen LogP contribution < -0.4 is 0 Å². The minimum absolute atomic E-state index is 0.106. The summed E-state index contributed by atoms with van der Waals surface area (Å²) in [6, 6.07) is 33.0. The van der Waals surface area contributed by atoms with Crippen LogP contribution in [0, 0.1) is 0 Å². The van der Waals surface area contributed by atoms with Crippen molar-refractivity contribution in [2.75, 3.05) is 0 Å². The van der Waals surface area contributed by atoms with Crippen molar-refractivity contribution in [1.29, 1.82) is 0 Å². The van der Waals surface area contributed by atoms with Crippen molar-refractivity contribution in [1.82, 2.24) is 0 Å². The van der Waals surface area contributed by atoms with Crippen LogP contribution in [0.5, 0.6) is 5.75 Å². The maximum atomic E-state index is 10.7. The topological polar surface area (TPSA) is 20.2 Å². The second-order valence-corrected chi connectivity index (χ2v) is 6.37. The minimum atomic E-state index is 0.106. The summed E-state index contributed by atoms with van der Waals surface area (Å²) < 4.78 is 0. The van der Waals surface area contributed by atoms with E-state index in [2.05, 4.69) is 60.7 Å². The number of phenolic OH excluding ortho intramolecular Hbond substituents is 1. The van der Waals surface area contributed by atoms with Crippen LogP contribution in [0.2, 0.25) is 0 Å². The van der Waals surface area contributed by atoms with Gasteiger partial charge in [0.25, 0.3) is 0 Å². The maximum absolute atomic E-state index is 10.7. The Hall–Kier alpha value is -3.06. The zero-order valence-electron chi connectivity index (χ0n) is 14.0. The van der Waals surface area contributed by atoms with Gasteiger partial charge in [-0.05, 0) is 34.4 Å². The highest BCUT2D eigenvalue weighted by molar-refractivity contribution is 5.88. The van der Waals surface area contributed by atoms with Crippen molar-refractivity contribution in [3.63, 3.8) is 0 Å². The third-order valence-electron chi connectivity index (χ3n) is 4.78. The molecule has 0 aliphatic heterocycles. The number of aromatic hydroxyl groups is 1. The Morgan fingerprint density at radius 3 is 2.04 bits per heavy atom. The van der Waals surface area contributed by atoms with Crippen molar-refractivity contribution >= 4 is 10.8 Å². The van der Waals surface area contributed by atoms with Gasteiger partial charge in [0.05, 0.1) is 0 Å². The summed E-state index contributed by atoms with van der Waals surface area (Å²) in [6.45, 7) is 0. The van der Waals surface area contributed by atoms with Crippen LogP contribution >= 0.6 is 0 Å². The van der Waals surface area contributed by atoms with E-state index in [0.29, 0.717) is 5.75 Å². The molecule has 4 aromatic rings. The molecule has 0 saturated carbocycles. The summed E-state index contributed by atoms with van der Waals surface area (Å²) in [5.74, 6) is 0.471. The summed E-state index contributed by atoms with van der Waals surface area (Å²) in [5.41, 5.74) is 3.50. The first kappa shape index (κ1) is 15.5. The molecule has 1 heteroatoms. The van der Waals surface area contributed by atoms with E-state index in [9.17, 15) is 5.11 Å². The first-order chi connectivity index (χ1) is 12.3. The van der Waals surface area contributed by atoms with E-state index >= 15 is 0 Å². The SMILES string of the molecule is Oc1ccc2ccccc2c1C(Cc1ccccc1)c1ccccc1. The van der Waals surface area contributed by atoms with Gasteiger partial charge >= 0.3 is 0 Å². The number of hydrogen-bond acceptors (Lipinski definition) is 1. The maximum Gasteiger partial charge on any atom is 0.120 e. The van der Waals surface area contributed by atoms with Gasteiger partial charge < -0.3 is 5.11 Å². The van der Waals surface area contributed by atoms with Gasteiger partial charge in [0.1, 0.15) is 5.75 Å². The average Bonchev–Trinajstić information content (AvgIpc) is 2.68. The fourth-order valence-electron chi connectivity index (χ4n) is 3.57. The molecule has 1 nitrogen and oxygen atoms in total. The molecule has 0 aliphatic carbocycles. The second kappa shape index (κ2) is 6.82. The van der Waals surface area contributed by atoms with Crippen LogP contribution in [0.1, 0.15) is 22.6 Å². The fourth-order valence-corrected chi connectivity index (χ4v) is 3.57. The number of fused-ring (bicyclic) bond motifs is 1. The molecule has 0 fully saturated rings. The average molecular weight is 324 g/mol. The summed E-state index contributed by atoms with van der Waals surface area (Å²) in [5, 5.41) is 13.0. The molecule has 25 heavy (non-hydrogen) atoms. The van der Waals surface area contributed by atoms with Gasteiger partial charge in [-0.25, -0.2) is 0 Å². The fraction of sp³-hybridized carbons (Fsp3) is 0.0833. The molecule has 0 amide bonds. The Labute approximate surface area is 148 Å². The Morgan fingerprint density at radius 2 is 1.28 bits per heavy atom. The summed E-state index contributed by atoms with van der Waals surface area (Å²) in [7, 11) is 0. The highest BCUT2D eigenvalue weighted by Gasteiger charge is 2.20. The Kier molecular flexibility index (Phi) is 4.22. The van der Waals surface area contributed by atoms with Gasteiger partial charge in [-0.15, -0.1) is 0 Å². The first-order valence-electron chi connectivity index (χ1n) is 8.62. The Balaban J connectivity index is 1.91. The van der Waals surface area contributed by atoms with Crippen LogP contribution in [-0.4, -0.2) is 5.11 Å². The highest BCUT2D eigenvalue weighted by Crippen LogP contribution is 2.39. The van der Waals surface area contributed by atoms with Crippen LogP contribution in [0.3, 0.4) is 0 Å². The molecule has 0 heterocycles. The number of phenols is 1. The standard InChI is InChI=1S/C24H20O/c25-23-16-15-20-13-7-8-14-21(20)24(23)22(19-11-5-2-6-12-19)17-18-9-3-1-4-10-18/h1-16,22,25H,17H2. The monoisotopic (exact) mass is 324 g/mol. The lowest BCUT2D eigenvalue weighted by atomic mass is 9.83.